The van der Waals surface area contributed by atoms with Gasteiger partial charge in [-0.2, -0.15) is 0 Å². The van der Waals surface area contributed by atoms with Gasteiger partial charge in [-0.3, -0.25) is 10.1 Å². The first-order valence-electron chi connectivity index (χ1n) is 4.42. The van der Waals surface area contributed by atoms with Crippen LogP contribution in [0.5, 0.6) is 0 Å². The van der Waals surface area contributed by atoms with Crippen LogP contribution >= 0.6 is 0 Å². The van der Waals surface area contributed by atoms with Gasteiger partial charge in [0.25, 0.3) is 0 Å². The van der Waals surface area contributed by atoms with E-state index in [1.165, 1.54) is 0 Å². The molecule has 13 heavy (non-hydrogen) atoms. The minimum atomic E-state index is -0.944. The molecule has 0 rings (SSSR count). The smallest absolute Gasteiger partial charge is 0.323 e. The Bertz CT molecular complexity index is 186. The fourth-order valence-corrected chi connectivity index (χ4v) is 0.763. The van der Waals surface area contributed by atoms with E-state index in [2.05, 4.69) is 5.32 Å². The zero-order valence-corrected chi connectivity index (χ0v) is 8.72. The maximum atomic E-state index is 10.8. The second-order valence-corrected chi connectivity index (χ2v) is 4.16. The van der Waals surface area contributed by atoms with Gasteiger partial charge in [-0.1, -0.05) is 6.92 Å². The summed E-state index contributed by atoms with van der Waals surface area (Å²) in [6.45, 7) is 6.95. The van der Waals surface area contributed by atoms with Crippen LogP contribution in [-0.4, -0.2) is 33.9 Å². The highest BCUT2D eigenvalue weighted by atomic mass is 16.4. The topological polar surface area (TPSA) is 69.6 Å². The molecule has 0 aliphatic rings. The van der Waals surface area contributed by atoms with Crippen molar-refractivity contribution < 1.29 is 15.0 Å². The first-order chi connectivity index (χ1) is 5.71. The van der Waals surface area contributed by atoms with Crippen LogP contribution in [0.25, 0.3) is 0 Å². The molecular formula is C9H19NO3. The van der Waals surface area contributed by atoms with Crippen LogP contribution in [0.15, 0.2) is 0 Å². The quantitative estimate of drug-likeness (QED) is 0.592. The number of carboxylic acids is 1. The summed E-state index contributed by atoms with van der Waals surface area (Å²) in [5.41, 5.74) is -1.83. The van der Waals surface area contributed by atoms with E-state index in [4.69, 9.17) is 5.11 Å². The van der Waals surface area contributed by atoms with Crippen LogP contribution in [0.1, 0.15) is 34.1 Å². The summed E-state index contributed by atoms with van der Waals surface area (Å²) in [6.07, 6.45) is 0.485. The molecule has 78 valence electrons. The molecule has 1 atom stereocenters. The number of hydrogen-bond donors (Lipinski definition) is 3. The summed E-state index contributed by atoms with van der Waals surface area (Å²) < 4.78 is 0. The molecule has 0 amide bonds. The van der Waals surface area contributed by atoms with Gasteiger partial charge in [0.15, 0.2) is 0 Å². The van der Waals surface area contributed by atoms with Gasteiger partial charge in [0.05, 0.1) is 5.60 Å². The van der Waals surface area contributed by atoms with Crippen molar-refractivity contribution in [2.24, 2.45) is 0 Å². The molecule has 0 heterocycles. The van der Waals surface area contributed by atoms with Gasteiger partial charge in [-0.25, -0.2) is 0 Å². The standard InChI is InChI=1S/C9H19NO3/c1-5-9(4,7(11)12)10-6-8(2,3)13/h10,13H,5-6H2,1-4H3,(H,11,12). The highest BCUT2D eigenvalue weighted by molar-refractivity contribution is 5.78. The van der Waals surface area contributed by atoms with E-state index >= 15 is 0 Å². The largest absolute Gasteiger partial charge is 0.480 e. The lowest BCUT2D eigenvalue weighted by molar-refractivity contribution is -0.144. The lowest BCUT2D eigenvalue weighted by Crippen LogP contribution is -2.53. The van der Waals surface area contributed by atoms with E-state index in [0.29, 0.717) is 6.42 Å². The Morgan fingerprint density at radius 1 is 1.38 bits per heavy atom. The number of hydrogen-bond acceptors (Lipinski definition) is 3. The number of rotatable bonds is 5. The Labute approximate surface area is 79.0 Å². The van der Waals surface area contributed by atoms with Crippen molar-refractivity contribution in [2.45, 2.75) is 45.3 Å². The van der Waals surface area contributed by atoms with E-state index < -0.39 is 17.1 Å². The lowest BCUT2D eigenvalue weighted by atomic mass is 9.97. The summed E-state index contributed by atoms with van der Waals surface area (Å²) >= 11 is 0. The molecule has 0 aromatic heterocycles. The molecule has 0 aromatic carbocycles. The third-order valence-electron chi connectivity index (χ3n) is 2.09. The molecular weight excluding hydrogens is 170 g/mol. The van der Waals surface area contributed by atoms with E-state index in [1.54, 1.807) is 27.7 Å². The first-order valence-corrected chi connectivity index (χ1v) is 4.42. The van der Waals surface area contributed by atoms with Crippen LogP contribution in [0.2, 0.25) is 0 Å². The molecule has 0 aliphatic heterocycles. The molecule has 1 unspecified atom stereocenters. The van der Waals surface area contributed by atoms with Gasteiger partial charge >= 0.3 is 5.97 Å². The van der Waals surface area contributed by atoms with Gasteiger partial charge < -0.3 is 10.2 Å². The normalized spacial score (nSPS) is 16.7. The molecule has 0 bridgehead atoms. The molecule has 0 radical (unpaired) electrons. The molecule has 0 aromatic rings. The molecule has 4 heteroatoms. The molecule has 0 aliphatic carbocycles. The van der Waals surface area contributed by atoms with E-state index in [9.17, 15) is 9.90 Å². The third-order valence-corrected chi connectivity index (χ3v) is 2.09. The van der Waals surface area contributed by atoms with Gasteiger partial charge in [-0.15, -0.1) is 0 Å². The summed E-state index contributed by atoms with van der Waals surface area (Å²) in [5, 5.41) is 21.1. The van der Waals surface area contributed by atoms with Crippen LogP contribution in [0.3, 0.4) is 0 Å². The van der Waals surface area contributed by atoms with Crippen molar-refractivity contribution >= 4 is 5.97 Å². The number of carbonyl (C=O) groups is 1. The average Bonchev–Trinajstić information content (AvgIpc) is 1.98. The van der Waals surface area contributed by atoms with Gasteiger partial charge in [0.2, 0.25) is 0 Å². The van der Waals surface area contributed by atoms with Gasteiger partial charge in [0.1, 0.15) is 5.54 Å². The van der Waals surface area contributed by atoms with Crippen LogP contribution in [0, 0.1) is 0 Å². The van der Waals surface area contributed by atoms with E-state index in [-0.39, 0.29) is 6.54 Å². The summed E-state index contributed by atoms with van der Waals surface area (Å²) in [7, 11) is 0. The Morgan fingerprint density at radius 3 is 2.08 bits per heavy atom. The van der Waals surface area contributed by atoms with Crippen molar-refractivity contribution in [2.75, 3.05) is 6.54 Å². The minimum absolute atomic E-state index is 0.268. The van der Waals surface area contributed by atoms with E-state index in [1.807, 2.05) is 0 Å². The number of β-amino-alcohol motifs (C(OH)–C–C–N with tert-alkyl or cyclic N) is 1. The predicted octanol–water partition coefficient (Wildman–Crippen LogP) is 0.600. The average molecular weight is 189 g/mol. The molecule has 0 saturated carbocycles. The Morgan fingerprint density at radius 2 is 1.85 bits per heavy atom. The monoisotopic (exact) mass is 189 g/mol. The highest BCUT2D eigenvalue weighted by Crippen LogP contribution is 2.10. The fourth-order valence-electron chi connectivity index (χ4n) is 0.763. The van der Waals surface area contributed by atoms with Crippen molar-refractivity contribution in [3.8, 4) is 0 Å². The Balaban J connectivity index is 4.22. The van der Waals surface area contributed by atoms with Crippen molar-refractivity contribution in [3.05, 3.63) is 0 Å². The summed E-state index contributed by atoms with van der Waals surface area (Å²) in [4.78, 5) is 10.8. The predicted molar refractivity (Wildman–Crippen MR) is 50.6 cm³/mol. The van der Waals surface area contributed by atoms with Crippen molar-refractivity contribution in [1.29, 1.82) is 0 Å². The van der Waals surface area contributed by atoms with E-state index in [0.717, 1.165) is 0 Å². The zero-order valence-electron chi connectivity index (χ0n) is 8.72. The van der Waals surface area contributed by atoms with Crippen LogP contribution in [-0.2, 0) is 4.79 Å². The lowest BCUT2D eigenvalue weighted by Gasteiger charge is -2.28. The Hall–Kier alpha value is -0.610. The second kappa shape index (κ2) is 4.07. The summed E-state index contributed by atoms with van der Waals surface area (Å²) in [6, 6.07) is 0. The maximum absolute atomic E-state index is 10.8. The fraction of sp³-hybridized carbons (Fsp3) is 0.889. The highest BCUT2D eigenvalue weighted by Gasteiger charge is 2.31. The minimum Gasteiger partial charge on any atom is -0.480 e. The molecule has 0 saturated heterocycles. The molecule has 0 spiro atoms. The number of nitrogens with one attached hydrogen (secondary N) is 1. The first kappa shape index (κ1) is 12.4. The van der Waals surface area contributed by atoms with Gasteiger partial charge in [-0.05, 0) is 27.2 Å². The zero-order chi connectivity index (χ0) is 10.7. The Kier molecular flexibility index (Phi) is 3.88. The van der Waals surface area contributed by atoms with Crippen molar-refractivity contribution in [1.82, 2.24) is 5.32 Å². The molecule has 4 nitrogen and oxygen atoms in total. The number of aliphatic carboxylic acids is 1. The number of aliphatic hydroxyl groups is 1. The van der Waals surface area contributed by atoms with Crippen LogP contribution < -0.4 is 5.32 Å². The van der Waals surface area contributed by atoms with Crippen LogP contribution in [0.4, 0.5) is 0 Å². The molecule has 3 N–H and O–H groups in total. The summed E-state index contributed by atoms with van der Waals surface area (Å²) in [5.74, 6) is -0.890. The maximum Gasteiger partial charge on any atom is 0.323 e. The number of carboxylic acid groups (broad SMARTS) is 1. The molecule has 0 fully saturated rings. The third kappa shape index (κ3) is 4.24. The van der Waals surface area contributed by atoms with Gasteiger partial charge in [0, 0.05) is 6.54 Å². The second-order valence-electron chi connectivity index (χ2n) is 4.16. The SMILES string of the molecule is CCC(C)(NCC(C)(C)O)C(=O)O. The van der Waals surface area contributed by atoms with Crippen molar-refractivity contribution in [3.63, 3.8) is 0 Å².